The van der Waals surface area contributed by atoms with Gasteiger partial charge in [-0.2, -0.15) is 0 Å². The predicted molar refractivity (Wildman–Crippen MR) is 77.6 cm³/mol. The van der Waals surface area contributed by atoms with Crippen molar-refractivity contribution >= 4 is 17.5 Å². The minimum Gasteiger partial charge on any atom is -0.334 e. The highest BCUT2D eigenvalue weighted by molar-refractivity contribution is 6.18. The lowest BCUT2D eigenvalue weighted by Crippen LogP contribution is -2.42. The zero-order valence-corrected chi connectivity index (χ0v) is 12.2. The molecule has 0 radical (unpaired) electrons. The van der Waals surface area contributed by atoms with Gasteiger partial charge in [0.1, 0.15) is 0 Å². The Kier molecular flexibility index (Phi) is 5.20. The lowest BCUT2D eigenvalue weighted by molar-refractivity contribution is 0.0649. The molecule has 1 aliphatic rings. The van der Waals surface area contributed by atoms with E-state index in [0.29, 0.717) is 24.0 Å². The highest BCUT2D eigenvalue weighted by Gasteiger charge is 2.25. The SMILES string of the molecule is Cc1ccc(C(=O)N(CCCl)C2CCCCC2)cn1. The summed E-state index contributed by atoms with van der Waals surface area (Å²) in [4.78, 5) is 18.7. The quantitative estimate of drug-likeness (QED) is 0.792. The Morgan fingerprint density at radius 2 is 2.11 bits per heavy atom. The van der Waals surface area contributed by atoms with E-state index in [-0.39, 0.29) is 5.91 Å². The fourth-order valence-corrected chi connectivity index (χ4v) is 2.88. The highest BCUT2D eigenvalue weighted by Crippen LogP contribution is 2.24. The van der Waals surface area contributed by atoms with Crippen LogP contribution < -0.4 is 0 Å². The summed E-state index contributed by atoms with van der Waals surface area (Å²) in [5.41, 5.74) is 1.60. The first kappa shape index (κ1) is 14.3. The normalized spacial score (nSPS) is 16.3. The maximum Gasteiger partial charge on any atom is 0.255 e. The number of carbonyl (C=O) groups is 1. The van der Waals surface area contributed by atoms with Crippen LogP contribution in [0.25, 0.3) is 0 Å². The minimum atomic E-state index is 0.0695. The van der Waals surface area contributed by atoms with Gasteiger partial charge in [-0.1, -0.05) is 19.3 Å². The molecule has 2 rings (SSSR count). The van der Waals surface area contributed by atoms with Gasteiger partial charge in [-0.3, -0.25) is 9.78 Å². The number of halogens is 1. The van der Waals surface area contributed by atoms with Gasteiger partial charge in [0.05, 0.1) is 5.56 Å². The van der Waals surface area contributed by atoms with Crippen LogP contribution in [-0.2, 0) is 0 Å². The summed E-state index contributed by atoms with van der Waals surface area (Å²) in [5, 5.41) is 0. The fourth-order valence-electron chi connectivity index (χ4n) is 2.69. The second-order valence-electron chi connectivity index (χ2n) is 5.17. The first-order chi connectivity index (χ1) is 9.22. The molecule has 1 aromatic heterocycles. The number of nitrogens with zero attached hydrogens (tertiary/aromatic N) is 2. The van der Waals surface area contributed by atoms with Crippen LogP contribution in [0.1, 0.15) is 48.2 Å². The zero-order chi connectivity index (χ0) is 13.7. The van der Waals surface area contributed by atoms with E-state index in [1.54, 1.807) is 6.20 Å². The number of pyridine rings is 1. The van der Waals surface area contributed by atoms with Crippen LogP contribution in [0.5, 0.6) is 0 Å². The number of hydrogen-bond donors (Lipinski definition) is 0. The summed E-state index contributed by atoms with van der Waals surface area (Å²) < 4.78 is 0. The molecule has 0 saturated heterocycles. The Morgan fingerprint density at radius 1 is 1.37 bits per heavy atom. The van der Waals surface area contributed by atoms with Crippen molar-refractivity contribution in [2.45, 2.75) is 45.1 Å². The average molecular weight is 281 g/mol. The molecule has 3 nitrogen and oxygen atoms in total. The molecule has 1 heterocycles. The molecule has 0 aliphatic heterocycles. The van der Waals surface area contributed by atoms with Crippen LogP contribution >= 0.6 is 11.6 Å². The zero-order valence-electron chi connectivity index (χ0n) is 11.4. The first-order valence-corrected chi connectivity index (χ1v) is 7.55. The Bertz CT molecular complexity index is 413. The monoisotopic (exact) mass is 280 g/mol. The van der Waals surface area contributed by atoms with E-state index >= 15 is 0 Å². The summed E-state index contributed by atoms with van der Waals surface area (Å²) in [6.45, 7) is 2.55. The largest absolute Gasteiger partial charge is 0.334 e. The third kappa shape index (κ3) is 3.69. The smallest absolute Gasteiger partial charge is 0.255 e. The van der Waals surface area contributed by atoms with Crippen LogP contribution in [0, 0.1) is 6.92 Å². The van der Waals surface area contributed by atoms with Crippen LogP contribution in [0.2, 0.25) is 0 Å². The summed E-state index contributed by atoms with van der Waals surface area (Å²) in [6.07, 6.45) is 7.57. The molecular formula is C15H21ClN2O. The van der Waals surface area contributed by atoms with Crippen molar-refractivity contribution in [2.75, 3.05) is 12.4 Å². The van der Waals surface area contributed by atoms with Crippen LogP contribution in [0.4, 0.5) is 0 Å². The van der Waals surface area contributed by atoms with E-state index in [4.69, 9.17) is 11.6 Å². The standard InChI is InChI=1S/C15H21ClN2O/c1-12-7-8-13(11-17-12)15(19)18(10-9-16)14-5-3-2-4-6-14/h7-8,11,14H,2-6,9-10H2,1H3. The van der Waals surface area contributed by atoms with Crippen molar-refractivity contribution in [2.24, 2.45) is 0 Å². The number of aryl methyl sites for hydroxylation is 1. The Morgan fingerprint density at radius 3 is 2.68 bits per heavy atom. The Hall–Kier alpha value is -1.09. The molecule has 1 fully saturated rings. The fraction of sp³-hybridized carbons (Fsp3) is 0.600. The van der Waals surface area contributed by atoms with Gasteiger partial charge >= 0.3 is 0 Å². The lowest BCUT2D eigenvalue weighted by atomic mass is 9.94. The average Bonchev–Trinajstić information content (AvgIpc) is 2.46. The molecule has 0 N–H and O–H groups in total. The first-order valence-electron chi connectivity index (χ1n) is 7.02. The van der Waals surface area contributed by atoms with E-state index < -0.39 is 0 Å². The second kappa shape index (κ2) is 6.90. The summed E-state index contributed by atoms with van der Waals surface area (Å²) >= 11 is 5.86. The molecule has 1 aliphatic carbocycles. The van der Waals surface area contributed by atoms with Crippen molar-refractivity contribution in [3.05, 3.63) is 29.6 Å². The molecule has 0 unspecified atom stereocenters. The van der Waals surface area contributed by atoms with Gasteiger partial charge in [-0.15, -0.1) is 11.6 Å². The molecule has 0 spiro atoms. The third-order valence-corrected chi connectivity index (χ3v) is 3.93. The lowest BCUT2D eigenvalue weighted by Gasteiger charge is -2.34. The van der Waals surface area contributed by atoms with Crippen LogP contribution in [0.15, 0.2) is 18.3 Å². The number of carbonyl (C=O) groups excluding carboxylic acids is 1. The highest BCUT2D eigenvalue weighted by atomic mass is 35.5. The number of hydrogen-bond acceptors (Lipinski definition) is 2. The van der Waals surface area contributed by atoms with Gasteiger partial charge in [0, 0.05) is 30.4 Å². The Labute approximate surface area is 120 Å². The van der Waals surface area contributed by atoms with Gasteiger partial charge in [-0.25, -0.2) is 0 Å². The molecule has 0 bridgehead atoms. The maximum absolute atomic E-state index is 12.6. The van der Waals surface area contributed by atoms with Crippen molar-refractivity contribution in [1.29, 1.82) is 0 Å². The molecule has 1 aromatic rings. The van der Waals surface area contributed by atoms with Crippen molar-refractivity contribution in [3.63, 3.8) is 0 Å². The van der Waals surface area contributed by atoms with Crippen LogP contribution in [0.3, 0.4) is 0 Å². The van der Waals surface area contributed by atoms with E-state index in [9.17, 15) is 4.79 Å². The Balaban J connectivity index is 2.13. The van der Waals surface area contributed by atoms with E-state index in [0.717, 1.165) is 18.5 Å². The van der Waals surface area contributed by atoms with Gasteiger partial charge in [0.25, 0.3) is 5.91 Å². The summed E-state index contributed by atoms with van der Waals surface area (Å²) in [5.74, 6) is 0.557. The van der Waals surface area contributed by atoms with Gasteiger partial charge in [-0.05, 0) is 31.9 Å². The van der Waals surface area contributed by atoms with E-state index in [1.807, 2.05) is 24.0 Å². The number of amides is 1. The molecule has 19 heavy (non-hydrogen) atoms. The number of alkyl halides is 1. The number of aromatic nitrogens is 1. The van der Waals surface area contributed by atoms with Gasteiger partial charge in [0.2, 0.25) is 0 Å². The predicted octanol–water partition coefficient (Wildman–Crippen LogP) is 3.40. The molecular weight excluding hydrogens is 260 g/mol. The molecule has 1 saturated carbocycles. The van der Waals surface area contributed by atoms with Crippen molar-refractivity contribution < 1.29 is 4.79 Å². The van der Waals surface area contributed by atoms with E-state index in [2.05, 4.69) is 4.98 Å². The minimum absolute atomic E-state index is 0.0695. The van der Waals surface area contributed by atoms with Gasteiger partial charge in [0.15, 0.2) is 0 Å². The third-order valence-electron chi connectivity index (χ3n) is 3.76. The summed E-state index contributed by atoms with van der Waals surface area (Å²) in [7, 11) is 0. The topological polar surface area (TPSA) is 33.2 Å². The molecule has 0 aromatic carbocycles. The van der Waals surface area contributed by atoms with Gasteiger partial charge < -0.3 is 4.90 Å². The van der Waals surface area contributed by atoms with Crippen molar-refractivity contribution in [3.8, 4) is 0 Å². The van der Waals surface area contributed by atoms with Crippen molar-refractivity contribution in [1.82, 2.24) is 9.88 Å². The molecule has 1 amide bonds. The molecule has 4 heteroatoms. The van der Waals surface area contributed by atoms with Crippen LogP contribution in [-0.4, -0.2) is 34.3 Å². The number of rotatable bonds is 4. The molecule has 104 valence electrons. The molecule has 0 atom stereocenters. The summed E-state index contributed by atoms with van der Waals surface area (Å²) in [6, 6.07) is 4.09. The van der Waals surface area contributed by atoms with E-state index in [1.165, 1.54) is 19.3 Å². The maximum atomic E-state index is 12.6. The second-order valence-corrected chi connectivity index (χ2v) is 5.55.